The zero-order valence-electron chi connectivity index (χ0n) is 13.6. The molecule has 1 fully saturated rings. The van der Waals surface area contributed by atoms with Gasteiger partial charge in [0.1, 0.15) is 6.54 Å². The van der Waals surface area contributed by atoms with E-state index < -0.39 is 0 Å². The molecule has 0 saturated carbocycles. The largest absolute Gasteiger partial charge is 0.379 e. The first-order valence-electron chi connectivity index (χ1n) is 8.25. The Hall–Kier alpha value is -2.25. The van der Waals surface area contributed by atoms with Gasteiger partial charge in [-0.05, 0) is 25.1 Å². The fourth-order valence-corrected chi connectivity index (χ4v) is 2.83. The SMILES string of the molecule is O=C(Cn1c(=O)cnc2ccccc21)NCCCN1CCOCC1. The molecule has 0 aliphatic carbocycles. The van der Waals surface area contributed by atoms with Gasteiger partial charge in [0.2, 0.25) is 5.91 Å². The zero-order valence-corrected chi connectivity index (χ0v) is 13.6. The van der Waals surface area contributed by atoms with E-state index in [1.54, 1.807) is 6.07 Å². The molecule has 1 saturated heterocycles. The van der Waals surface area contributed by atoms with Crippen molar-refractivity contribution in [3.63, 3.8) is 0 Å². The van der Waals surface area contributed by atoms with Gasteiger partial charge in [0.15, 0.2) is 0 Å². The van der Waals surface area contributed by atoms with Crippen molar-refractivity contribution in [2.45, 2.75) is 13.0 Å². The standard InChI is InChI=1S/C17H22N4O3/c22-16(18-6-3-7-20-8-10-24-11-9-20)13-21-15-5-2-1-4-14(15)19-12-17(21)23/h1-2,4-5,12H,3,6-11,13H2,(H,18,22). The molecule has 7 nitrogen and oxygen atoms in total. The van der Waals surface area contributed by atoms with Gasteiger partial charge in [0.25, 0.3) is 5.56 Å². The number of carbonyl (C=O) groups is 1. The fraction of sp³-hybridized carbons (Fsp3) is 0.471. The van der Waals surface area contributed by atoms with Gasteiger partial charge in [-0.3, -0.25) is 19.1 Å². The molecular formula is C17H22N4O3. The summed E-state index contributed by atoms with van der Waals surface area (Å²) < 4.78 is 6.77. The molecule has 0 radical (unpaired) electrons. The Kier molecular flexibility index (Phi) is 5.55. The molecule has 0 bridgehead atoms. The van der Waals surface area contributed by atoms with Gasteiger partial charge in [-0.2, -0.15) is 0 Å². The highest BCUT2D eigenvalue weighted by molar-refractivity contribution is 5.79. The Morgan fingerprint density at radius 1 is 1.25 bits per heavy atom. The van der Waals surface area contributed by atoms with Gasteiger partial charge >= 0.3 is 0 Å². The number of morpholine rings is 1. The summed E-state index contributed by atoms with van der Waals surface area (Å²) in [6.07, 6.45) is 2.14. The number of ether oxygens (including phenoxy) is 1. The molecule has 24 heavy (non-hydrogen) atoms. The van der Waals surface area contributed by atoms with Crippen molar-refractivity contribution >= 4 is 16.9 Å². The Balaban J connectivity index is 1.52. The first-order valence-corrected chi connectivity index (χ1v) is 8.25. The van der Waals surface area contributed by atoms with E-state index in [0.717, 1.165) is 39.3 Å². The third-order valence-corrected chi connectivity index (χ3v) is 4.13. The summed E-state index contributed by atoms with van der Waals surface area (Å²) >= 11 is 0. The second-order valence-electron chi connectivity index (χ2n) is 5.83. The second kappa shape index (κ2) is 8.03. The van der Waals surface area contributed by atoms with Crippen LogP contribution in [0.4, 0.5) is 0 Å². The number of nitrogens with zero attached hydrogens (tertiary/aromatic N) is 3. The molecule has 3 rings (SSSR count). The lowest BCUT2D eigenvalue weighted by molar-refractivity contribution is -0.121. The normalized spacial score (nSPS) is 15.5. The number of hydrogen-bond donors (Lipinski definition) is 1. The van der Waals surface area contributed by atoms with Crippen molar-refractivity contribution in [3.8, 4) is 0 Å². The molecule has 2 aromatic rings. The highest BCUT2D eigenvalue weighted by Gasteiger charge is 2.11. The van der Waals surface area contributed by atoms with Crippen LogP contribution in [0.1, 0.15) is 6.42 Å². The monoisotopic (exact) mass is 330 g/mol. The van der Waals surface area contributed by atoms with Crippen molar-refractivity contribution in [2.24, 2.45) is 0 Å². The number of fused-ring (bicyclic) bond motifs is 1. The molecule has 128 valence electrons. The maximum absolute atomic E-state index is 12.1. The van der Waals surface area contributed by atoms with E-state index in [-0.39, 0.29) is 18.0 Å². The summed E-state index contributed by atoms with van der Waals surface area (Å²) in [5, 5.41) is 2.89. The third-order valence-electron chi connectivity index (χ3n) is 4.13. The number of carbonyl (C=O) groups excluding carboxylic acids is 1. The van der Waals surface area contributed by atoms with Gasteiger partial charge in [-0.15, -0.1) is 0 Å². The van der Waals surface area contributed by atoms with Gasteiger partial charge < -0.3 is 10.1 Å². The minimum atomic E-state index is -0.267. The summed E-state index contributed by atoms with van der Waals surface area (Å²) in [5.41, 5.74) is 1.11. The van der Waals surface area contributed by atoms with E-state index in [4.69, 9.17) is 4.74 Å². The third kappa shape index (κ3) is 4.18. The van der Waals surface area contributed by atoms with Gasteiger partial charge in [-0.25, -0.2) is 4.98 Å². The second-order valence-corrected chi connectivity index (χ2v) is 5.83. The van der Waals surface area contributed by atoms with Crippen molar-refractivity contribution in [1.82, 2.24) is 19.8 Å². The predicted octanol–water partition coefficient (Wildman–Crippen LogP) is 0.235. The lowest BCUT2D eigenvalue weighted by Crippen LogP contribution is -2.38. The van der Waals surface area contributed by atoms with Crippen molar-refractivity contribution in [1.29, 1.82) is 0 Å². The van der Waals surface area contributed by atoms with Gasteiger partial charge in [0.05, 0.1) is 30.4 Å². The first kappa shape index (κ1) is 16.6. The first-order chi connectivity index (χ1) is 11.7. The molecule has 1 N–H and O–H groups in total. The quantitative estimate of drug-likeness (QED) is 0.768. The average Bonchev–Trinajstić information content (AvgIpc) is 2.62. The van der Waals surface area contributed by atoms with Crippen LogP contribution in [0.5, 0.6) is 0 Å². The van der Waals surface area contributed by atoms with Crippen LogP contribution in [0.25, 0.3) is 11.0 Å². The van der Waals surface area contributed by atoms with Crippen LogP contribution in [-0.4, -0.2) is 59.8 Å². The molecule has 0 spiro atoms. The average molecular weight is 330 g/mol. The summed E-state index contributed by atoms with van der Waals surface area (Å²) in [4.78, 5) is 30.6. The number of aromatic nitrogens is 2. The van der Waals surface area contributed by atoms with Crippen molar-refractivity contribution in [3.05, 3.63) is 40.8 Å². The van der Waals surface area contributed by atoms with Crippen LogP contribution < -0.4 is 10.9 Å². The number of amides is 1. The topological polar surface area (TPSA) is 76.5 Å². The highest BCUT2D eigenvalue weighted by atomic mass is 16.5. The minimum Gasteiger partial charge on any atom is -0.379 e. The van der Waals surface area contributed by atoms with E-state index >= 15 is 0 Å². The van der Waals surface area contributed by atoms with Crippen LogP contribution >= 0.6 is 0 Å². The zero-order chi connectivity index (χ0) is 16.8. The van der Waals surface area contributed by atoms with E-state index in [9.17, 15) is 9.59 Å². The Bertz CT molecular complexity index is 753. The summed E-state index contributed by atoms with van der Waals surface area (Å²) in [5.74, 6) is -0.157. The minimum absolute atomic E-state index is 0.0133. The van der Waals surface area contributed by atoms with Crippen LogP contribution in [0.15, 0.2) is 35.3 Å². The molecule has 1 aromatic heterocycles. The maximum Gasteiger partial charge on any atom is 0.269 e. The molecule has 2 heterocycles. The number of para-hydroxylation sites is 2. The Labute approximate surface area is 140 Å². The van der Waals surface area contributed by atoms with E-state index in [1.165, 1.54) is 10.8 Å². The van der Waals surface area contributed by atoms with Crippen LogP contribution in [0.2, 0.25) is 0 Å². The number of hydrogen-bond acceptors (Lipinski definition) is 5. The number of benzene rings is 1. The summed E-state index contributed by atoms with van der Waals surface area (Å²) in [7, 11) is 0. The van der Waals surface area contributed by atoms with Gasteiger partial charge in [-0.1, -0.05) is 12.1 Å². The Morgan fingerprint density at radius 2 is 2.04 bits per heavy atom. The molecule has 1 amide bonds. The molecule has 1 aliphatic rings. The summed E-state index contributed by atoms with van der Waals surface area (Å²) in [6, 6.07) is 7.32. The fourth-order valence-electron chi connectivity index (χ4n) is 2.83. The molecule has 0 unspecified atom stereocenters. The van der Waals surface area contributed by atoms with Crippen LogP contribution in [0.3, 0.4) is 0 Å². The number of nitrogens with one attached hydrogen (secondary N) is 1. The molecule has 1 aliphatic heterocycles. The number of rotatable bonds is 6. The Morgan fingerprint density at radius 3 is 2.88 bits per heavy atom. The van der Waals surface area contributed by atoms with Crippen LogP contribution in [-0.2, 0) is 16.1 Å². The highest BCUT2D eigenvalue weighted by Crippen LogP contribution is 2.07. The molecular weight excluding hydrogens is 308 g/mol. The smallest absolute Gasteiger partial charge is 0.269 e. The predicted molar refractivity (Wildman–Crippen MR) is 90.9 cm³/mol. The van der Waals surface area contributed by atoms with Crippen molar-refractivity contribution in [2.75, 3.05) is 39.4 Å². The van der Waals surface area contributed by atoms with E-state index in [2.05, 4.69) is 15.2 Å². The van der Waals surface area contributed by atoms with Crippen molar-refractivity contribution < 1.29 is 9.53 Å². The lowest BCUT2D eigenvalue weighted by atomic mass is 10.3. The molecule has 7 heteroatoms. The molecule has 0 atom stereocenters. The van der Waals surface area contributed by atoms with Crippen LogP contribution in [0, 0.1) is 0 Å². The summed E-state index contributed by atoms with van der Waals surface area (Å²) in [6.45, 7) is 5.03. The van der Waals surface area contributed by atoms with Gasteiger partial charge in [0, 0.05) is 19.6 Å². The van der Waals surface area contributed by atoms with E-state index in [1.807, 2.05) is 18.2 Å². The maximum atomic E-state index is 12.1. The molecule has 1 aromatic carbocycles. The lowest BCUT2D eigenvalue weighted by Gasteiger charge is -2.26. The van der Waals surface area contributed by atoms with E-state index in [0.29, 0.717) is 17.6 Å².